The largest absolute Gasteiger partial charge is 0.496 e. The molecule has 4 aromatic rings. The Morgan fingerprint density at radius 2 is 1.96 bits per heavy atom. The van der Waals surface area contributed by atoms with E-state index < -0.39 is 0 Å². The number of anilines is 1. The van der Waals surface area contributed by atoms with Gasteiger partial charge in [0.05, 0.1) is 19.0 Å². The van der Waals surface area contributed by atoms with E-state index in [2.05, 4.69) is 31.4 Å². The first-order chi connectivity index (χ1) is 13.2. The maximum atomic E-state index is 5.39. The molecule has 0 saturated heterocycles. The van der Waals surface area contributed by atoms with Gasteiger partial charge in [-0.15, -0.1) is 0 Å². The van der Waals surface area contributed by atoms with Crippen LogP contribution in [-0.2, 0) is 13.5 Å². The molecule has 0 aliphatic heterocycles. The molecule has 0 bridgehead atoms. The van der Waals surface area contributed by atoms with Crippen molar-refractivity contribution < 1.29 is 4.74 Å². The summed E-state index contributed by atoms with van der Waals surface area (Å²) in [5, 5.41) is 8.57. The summed E-state index contributed by atoms with van der Waals surface area (Å²) in [5.74, 6) is 1.68. The molecule has 0 aliphatic carbocycles. The number of nitrogens with one attached hydrogen (secondary N) is 1. The Bertz CT molecular complexity index is 1070. The minimum Gasteiger partial charge on any atom is -0.496 e. The van der Waals surface area contributed by atoms with Crippen molar-refractivity contribution >= 4 is 16.9 Å². The van der Waals surface area contributed by atoms with Gasteiger partial charge in [-0.3, -0.25) is 4.68 Å². The molecule has 7 heteroatoms. The predicted octanol–water partition coefficient (Wildman–Crippen LogP) is 3.09. The van der Waals surface area contributed by atoms with E-state index in [9.17, 15) is 0 Å². The fraction of sp³-hybridized carbons (Fsp3) is 0.200. The average molecular weight is 360 g/mol. The fourth-order valence-corrected chi connectivity index (χ4v) is 3.03. The van der Waals surface area contributed by atoms with Gasteiger partial charge in [0, 0.05) is 36.8 Å². The van der Waals surface area contributed by atoms with Crippen molar-refractivity contribution in [3.63, 3.8) is 0 Å². The number of fused-ring (bicyclic) bond motifs is 1. The van der Waals surface area contributed by atoms with Crippen LogP contribution in [0.15, 0.2) is 55.1 Å². The Morgan fingerprint density at radius 1 is 1.07 bits per heavy atom. The smallest absolute Gasteiger partial charge is 0.157 e. The molecular formula is C20H20N6O. The highest BCUT2D eigenvalue weighted by Crippen LogP contribution is 2.22. The molecule has 4 rings (SSSR count). The Balaban J connectivity index is 1.48. The molecule has 1 aromatic carbocycles. The van der Waals surface area contributed by atoms with Gasteiger partial charge in [-0.25, -0.2) is 15.0 Å². The van der Waals surface area contributed by atoms with Crippen LogP contribution in [0.3, 0.4) is 0 Å². The molecule has 0 atom stereocenters. The number of hydrogen-bond donors (Lipinski definition) is 1. The van der Waals surface area contributed by atoms with Gasteiger partial charge in [0.1, 0.15) is 17.9 Å². The molecule has 3 aromatic heterocycles. The number of aromatic nitrogens is 5. The zero-order valence-electron chi connectivity index (χ0n) is 15.3. The first-order valence-electron chi connectivity index (χ1n) is 8.70. The monoisotopic (exact) mass is 360 g/mol. The highest BCUT2D eigenvalue weighted by Gasteiger charge is 2.07. The lowest BCUT2D eigenvalue weighted by molar-refractivity contribution is 0.410. The van der Waals surface area contributed by atoms with Crippen LogP contribution in [-0.4, -0.2) is 38.4 Å². The molecule has 136 valence electrons. The molecule has 0 unspecified atom stereocenters. The zero-order chi connectivity index (χ0) is 18.6. The lowest BCUT2D eigenvalue weighted by Gasteiger charge is -2.10. The SMILES string of the molecule is COc1ccccc1CCNc1cc(-c2cnc3c(cnn3C)c2)ncn1. The number of nitrogens with zero attached hydrogens (tertiary/aromatic N) is 5. The zero-order valence-corrected chi connectivity index (χ0v) is 15.3. The van der Waals surface area contributed by atoms with Gasteiger partial charge in [0.2, 0.25) is 0 Å². The maximum Gasteiger partial charge on any atom is 0.157 e. The molecule has 0 radical (unpaired) electrons. The fourth-order valence-electron chi connectivity index (χ4n) is 3.03. The average Bonchev–Trinajstić information content (AvgIpc) is 3.09. The number of methoxy groups -OCH3 is 1. The molecular weight excluding hydrogens is 340 g/mol. The third-order valence-corrected chi connectivity index (χ3v) is 4.43. The van der Waals surface area contributed by atoms with Crippen molar-refractivity contribution in [2.45, 2.75) is 6.42 Å². The summed E-state index contributed by atoms with van der Waals surface area (Å²) in [4.78, 5) is 13.2. The van der Waals surface area contributed by atoms with Crippen LogP contribution in [0.2, 0.25) is 0 Å². The van der Waals surface area contributed by atoms with E-state index in [1.807, 2.05) is 43.6 Å². The number of pyridine rings is 1. The Hall–Kier alpha value is -3.48. The van der Waals surface area contributed by atoms with Crippen molar-refractivity contribution in [2.75, 3.05) is 19.0 Å². The van der Waals surface area contributed by atoms with Crippen LogP contribution in [0, 0.1) is 0 Å². The van der Waals surface area contributed by atoms with Crippen LogP contribution in [0.1, 0.15) is 5.56 Å². The molecule has 7 nitrogen and oxygen atoms in total. The third-order valence-electron chi connectivity index (χ3n) is 4.43. The summed E-state index contributed by atoms with van der Waals surface area (Å²) in [7, 11) is 3.57. The third kappa shape index (κ3) is 3.57. The Labute approximate surface area is 157 Å². The lowest BCUT2D eigenvalue weighted by Crippen LogP contribution is -2.07. The maximum absolute atomic E-state index is 5.39. The van der Waals surface area contributed by atoms with E-state index in [0.29, 0.717) is 0 Å². The minimum absolute atomic E-state index is 0.747. The van der Waals surface area contributed by atoms with E-state index in [-0.39, 0.29) is 0 Å². The van der Waals surface area contributed by atoms with Crippen molar-refractivity contribution in [3.05, 3.63) is 60.7 Å². The van der Waals surface area contributed by atoms with Crippen molar-refractivity contribution in [1.29, 1.82) is 0 Å². The molecule has 3 heterocycles. The topological polar surface area (TPSA) is 77.8 Å². The molecule has 0 spiro atoms. The van der Waals surface area contributed by atoms with Crippen LogP contribution in [0.4, 0.5) is 5.82 Å². The lowest BCUT2D eigenvalue weighted by atomic mass is 10.1. The summed E-state index contributed by atoms with van der Waals surface area (Å²) >= 11 is 0. The Morgan fingerprint density at radius 3 is 2.85 bits per heavy atom. The van der Waals surface area contributed by atoms with Crippen LogP contribution >= 0.6 is 0 Å². The quantitative estimate of drug-likeness (QED) is 0.569. The van der Waals surface area contributed by atoms with Gasteiger partial charge in [0.15, 0.2) is 5.65 Å². The van der Waals surface area contributed by atoms with Crippen LogP contribution < -0.4 is 10.1 Å². The summed E-state index contributed by atoms with van der Waals surface area (Å²) in [5.41, 5.74) is 3.77. The van der Waals surface area contributed by atoms with Crippen LogP contribution in [0.25, 0.3) is 22.3 Å². The number of hydrogen-bond acceptors (Lipinski definition) is 6. The summed E-state index contributed by atoms with van der Waals surface area (Å²) in [6, 6.07) is 12.0. The van der Waals surface area contributed by atoms with Gasteiger partial charge in [-0.05, 0) is 24.1 Å². The first-order valence-corrected chi connectivity index (χ1v) is 8.70. The second-order valence-electron chi connectivity index (χ2n) is 6.18. The van der Waals surface area contributed by atoms with E-state index in [0.717, 1.165) is 52.4 Å². The summed E-state index contributed by atoms with van der Waals surface area (Å²) < 4.78 is 7.15. The normalized spacial score (nSPS) is 10.9. The van der Waals surface area contributed by atoms with Gasteiger partial charge < -0.3 is 10.1 Å². The summed E-state index contributed by atoms with van der Waals surface area (Å²) in [6.07, 6.45) is 6.02. The molecule has 1 N–H and O–H groups in total. The van der Waals surface area contributed by atoms with Crippen molar-refractivity contribution in [3.8, 4) is 17.0 Å². The Kier molecular flexibility index (Phi) is 4.65. The van der Waals surface area contributed by atoms with E-state index in [1.54, 1.807) is 24.3 Å². The van der Waals surface area contributed by atoms with Crippen molar-refractivity contribution in [1.82, 2.24) is 24.7 Å². The standard InChI is InChI=1S/C20H20N6O/c1-26-20-16(12-25-26)9-15(11-22-20)17-10-19(24-13-23-17)21-8-7-14-5-3-4-6-18(14)27-2/h3-6,9-13H,7-8H2,1-2H3,(H,21,23,24). The molecule has 27 heavy (non-hydrogen) atoms. The molecule has 0 aliphatic rings. The number of rotatable bonds is 6. The molecule has 0 fully saturated rings. The van der Waals surface area contributed by atoms with E-state index >= 15 is 0 Å². The second kappa shape index (κ2) is 7.41. The summed E-state index contributed by atoms with van der Waals surface area (Å²) in [6.45, 7) is 0.747. The second-order valence-corrected chi connectivity index (χ2v) is 6.18. The highest BCUT2D eigenvalue weighted by atomic mass is 16.5. The molecule has 0 amide bonds. The minimum atomic E-state index is 0.747. The van der Waals surface area contributed by atoms with Gasteiger partial charge in [-0.1, -0.05) is 18.2 Å². The highest BCUT2D eigenvalue weighted by molar-refractivity contribution is 5.80. The first kappa shape index (κ1) is 17.0. The van der Waals surface area contributed by atoms with Crippen molar-refractivity contribution in [2.24, 2.45) is 7.05 Å². The number of ether oxygens (including phenoxy) is 1. The van der Waals surface area contributed by atoms with E-state index in [1.165, 1.54) is 0 Å². The molecule has 0 saturated carbocycles. The van der Waals surface area contributed by atoms with Gasteiger partial charge in [-0.2, -0.15) is 5.10 Å². The number of benzene rings is 1. The predicted molar refractivity (Wildman–Crippen MR) is 105 cm³/mol. The van der Waals surface area contributed by atoms with Gasteiger partial charge >= 0.3 is 0 Å². The van der Waals surface area contributed by atoms with Gasteiger partial charge in [0.25, 0.3) is 0 Å². The van der Waals surface area contributed by atoms with Crippen LogP contribution in [0.5, 0.6) is 5.75 Å². The number of para-hydroxylation sites is 1. The van der Waals surface area contributed by atoms with E-state index in [4.69, 9.17) is 4.74 Å². The number of aryl methyl sites for hydroxylation is 1.